The maximum Gasteiger partial charge on any atom is 0.343 e. The minimum atomic E-state index is -0.524. The third kappa shape index (κ3) is 2.01. The van der Waals surface area contributed by atoms with Crippen LogP contribution >= 0.6 is 0 Å². The lowest BCUT2D eigenvalue weighted by atomic mass is 10.1. The molecule has 0 bridgehead atoms. The van der Waals surface area contributed by atoms with E-state index in [2.05, 4.69) is 9.89 Å². The van der Waals surface area contributed by atoms with Crippen LogP contribution in [0.1, 0.15) is 15.9 Å². The fourth-order valence-corrected chi connectivity index (χ4v) is 1.44. The summed E-state index contributed by atoms with van der Waals surface area (Å²) < 4.78 is 9.37. The van der Waals surface area contributed by atoms with E-state index in [0.717, 1.165) is 0 Å². The van der Waals surface area contributed by atoms with Crippen molar-refractivity contribution < 1.29 is 14.1 Å². The number of ether oxygens (including phenoxy) is 1. The maximum absolute atomic E-state index is 11.4. The molecule has 0 aliphatic rings. The summed E-state index contributed by atoms with van der Waals surface area (Å²) >= 11 is 0. The number of benzene rings is 1. The molecule has 0 saturated heterocycles. The van der Waals surface area contributed by atoms with Crippen LogP contribution in [0.3, 0.4) is 0 Å². The Labute approximate surface area is 97.2 Å². The van der Waals surface area contributed by atoms with Gasteiger partial charge in [0.25, 0.3) is 0 Å². The number of rotatable bonds is 2. The van der Waals surface area contributed by atoms with Gasteiger partial charge in [-0.1, -0.05) is 17.3 Å². The van der Waals surface area contributed by atoms with E-state index in [1.165, 1.54) is 13.4 Å². The van der Waals surface area contributed by atoms with Gasteiger partial charge in [0.1, 0.15) is 17.5 Å². The van der Waals surface area contributed by atoms with Gasteiger partial charge in [-0.05, 0) is 12.1 Å². The molecule has 0 spiro atoms. The summed E-state index contributed by atoms with van der Waals surface area (Å²) in [6, 6.07) is 8.77. The van der Waals surface area contributed by atoms with Crippen molar-refractivity contribution in [3.8, 4) is 17.3 Å². The van der Waals surface area contributed by atoms with Crippen LogP contribution in [0.5, 0.6) is 0 Å². The van der Waals surface area contributed by atoms with Gasteiger partial charge in [0.05, 0.1) is 18.7 Å². The van der Waals surface area contributed by atoms with Crippen molar-refractivity contribution in [1.82, 2.24) is 5.16 Å². The minimum absolute atomic E-state index is 0.239. The predicted molar refractivity (Wildman–Crippen MR) is 58.0 cm³/mol. The van der Waals surface area contributed by atoms with Crippen LogP contribution in [-0.4, -0.2) is 18.2 Å². The first-order valence-electron chi connectivity index (χ1n) is 4.79. The van der Waals surface area contributed by atoms with Crippen LogP contribution in [0.4, 0.5) is 0 Å². The lowest BCUT2D eigenvalue weighted by Gasteiger charge is -1.99. The van der Waals surface area contributed by atoms with E-state index in [9.17, 15) is 4.79 Å². The Bertz CT molecular complexity index is 596. The van der Waals surface area contributed by atoms with Crippen molar-refractivity contribution in [1.29, 1.82) is 5.26 Å². The van der Waals surface area contributed by atoms with Crippen LogP contribution in [0.25, 0.3) is 11.3 Å². The van der Waals surface area contributed by atoms with E-state index >= 15 is 0 Å². The van der Waals surface area contributed by atoms with Crippen molar-refractivity contribution in [3.63, 3.8) is 0 Å². The van der Waals surface area contributed by atoms with Gasteiger partial charge in [0, 0.05) is 5.56 Å². The molecule has 84 valence electrons. The summed E-state index contributed by atoms with van der Waals surface area (Å²) in [5, 5.41) is 12.5. The summed E-state index contributed by atoms with van der Waals surface area (Å²) in [6.07, 6.45) is 1.22. The molecule has 5 nitrogen and oxygen atoms in total. The number of nitriles is 1. The number of carbonyl (C=O) groups is 1. The SMILES string of the molecule is COC(=O)c1conc1-c1cccc(C#N)c1. The average Bonchev–Trinajstić information content (AvgIpc) is 2.87. The topological polar surface area (TPSA) is 76.1 Å². The zero-order valence-corrected chi connectivity index (χ0v) is 9.01. The van der Waals surface area contributed by atoms with Gasteiger partial charge in [0.15, 0.2) is 0 Å². The minimum Gasteiger partial charge on any atom is -0.465 e. The Morgan fingerprint density at radius 3 is 3.06 bits per heavy atom. The molecule has 2 rings (SSSR count). The van der Waals surface area contributed by atoms with Gasteiger partial charge in [-0.25, -0.2) is 4.79 Å². The van der Waals surface area contributed by atoms with Gasteiger partial charge >= 0.3 is 5.97 Å². The second-order valence-corrected chi connectivity index (χ2v) is 3.26. The molecule has 0 atom stereocenters. The second kappa shape index (κ2) is 4.49. The summed E-state index contributed by atoms with van der Waals surface area (Å²) in [6.45, 7) is 0. The number of esters is 1. The van der Waals surface area contributed by atoms with Crippen molar-refractivity contribution >= 4 is 5.97 Å². The first kappa shape index (κ1) is 10.9. The molecule has 0 amide bonds. The van der Waals surface area contributed by atoms with Crippen LogP contribution in [0, 0.1) is 11.3 Å². The van der Waals surface area contributed by atoms with Crippen molar-refractivity contribution in [2.75, 3.05) is 7.11 Å². The zero-order chi connectivity index (χ0) is 12.3. The van der Waals surface area contributed by atoms with Gasteiger partial charge in [-0.2, -0.15) is 5.26 Å². The molecule has 0 fully saturated rings. The highest BCUT2D eigenvalue weighted by molar-refractivity contribution is 5.95. The van der Waals surface area contributed by atoms with E-state index in [1.807, 2.05) is 6.07 Å². The Morgan fingerprint density at radius 1 is 1.53 bits per heavy atom. The summed E-state index contributed by atoms with van der Waals surface area (Å²) in [5.74, 6) is -0.524. The van der Waals surface area contributed by atoms with Crippen LogP contribution in [-0.2, 0) is 4.74 Å². The van der Waals surface area contributed by atoms with Gasteiger partial charge < -0.3 is 9.26 Å². The highest BCUT2D eigenvalue weighted by atomic mass is 16.5. The van der Waals surface area contributed by atoms with E-state index in [-0.39, 0.29) is 5.56 Å². The lowest BCUT2D eigenvalue weighted by molar-refractivity contribution is 0.0600. The second-order valence-electron chi connectivity index (χ2n) is 3.26. The normalized spacial score (nSPS) is 9.65. The van der Waals surface area contributed by atoms with Crippen LogP contribution < -0.4 is 0 Å². The van der Waals surface area contributed by atoms with Crippen molar-refractivity contribution in [2.24, 2.45) is 0 Å². The monoisotopic (exact) mass is 228 g/mol. The molecule has 0 radical (unpaired) electrons. The highest BCUT2D eigenvalue weighted by Gasteiger charge is 2.17. The highest BCUT2D eigenvalue weighted by Crippen LogP contribution is 2.23. The van der Waals surface area contributed by atoms with E-state index in [0.29, 0.717) is 16.8 Å². The number of aromatic nitrogens is 1. The zero-order valence-electron chi connectivity index (χ0n) is 9.01. The predicted octanol–water partition coefficient (Wildman–Crippen LogP) is 2.00. The lowest BCUT2D eigenvalue weighted by Crippen LogP contribution is -2.01. The Kier molecular flexibility index (Phi) is 2.88. The third-order valence-corrected chi connectivity index (χ3v) is 2.24. The van der Waals surface area contributed by atoms with Crippen LogP contribution in [0.2, 0.25) is 0 Å². The summed E-state index contributed by atoms with van der Waals surface area (Å²) in [5.41, 5.74) is 1.73. The largest absolute Gasteiger partial charge is 0.465 e. The Balaban J connectivity index is 2.50. The van der Waals surface area contributed by atoms with E-state index < -0.39 is 5.97 Å². The molecule has 0 N–H and O–H groups in total. The number of nitrogens with zero attached hydrogens (tertiary/aromatic N) is 2. The number of hydrogen-bond donors (Lipinski definition) is 0. The molecule has 1 aromatic carbocycles. The van der Waals surface area contributed by atoms with Crippen molar-refractivity contribution in [3.05, 3.63) is 41.7 Å². The molecule has 1 heterocycles. The molecule has 0 aliphatic carbocycles. The Morgan fingerprint density at radius 2 is 2.35 bits per heavy atom. The quantitative estimate of drug-likeness (QED) is 0.734. The van der Waals surface area contributed by atoms with E-state index in [4.69, 9.17) is 9.78 Å². The maximum atomic E-state index is 11.4. The van der Waals surface area contributed by atoms with Gasteiger partial charge in [-0.15, -0.1) is 0 Å². The van der Waals surface area contributed by atoms with E-state index in [1.54, 1.807) is 24.3 Å². The van der Waals surface area contributed by atoms with Gasteiger partial charge in [-0.3, -0.25) is 0 Å². The van der Waals surface area contributed by atoms with Gasteiger partial charge in [0.2, 0.25) is 0 Å². The summed E-state index contributed by atoms with van der Waals surface area (Å²) in [4.78, 5) is 11.4. The third-order valence-electron chi connectivity index (χ3n) is 2.24. The molecule has 2 aromatic rings. The molecule has 5 heteroatoms. The first-order chi connectivity index (χ1) is 8.26. The number of methoxy groups -OCH3 is 1. The fraction of sp³-hybridized carbons (Fsp3) is 0.0833. The summed E-state index contributed by atoms with van der Waals surface area (Å²) in [7, 11) is 1.28. The molecule has 0 aliphatic heterocycles. The smallest absolute Gasteiger partial charge is 0.343 e. The molecule has 0 unspecified atom stereocenters. The Hall–Kier alpha value is -2.61. The number of hydrogen-bond acceptors (Lipinski definition) is 5. The molecular weight excluding hydrogens is 220 g/mol. The first-order valence-corrected chi connectivity index (χ1v) is 4.79. The molecule has 17 heavy (non-hydrogen) atoms. The molecule has 1 aromatic heterocycles. The number of carbonyl (C=O) groups excluding carboxylic acids is 1. The molecule has 0 saturated carbocycles. The van der Waals surface area contributed by atoms with Crippen molar-refractivity contribution in [2.45, 2.75) is 0 Å². The average molecular weight is 228 g/mol. The fourth-order valence-electron chi connectivity index (χ4n) is 1.44. The standard InChI is InChI=1S/C12H8N2O3/c1-16-12(15)10-7-17-14-11(10)9-4-2-3-8(5-9)6-13/h2-5,7H,1H3. The van der Waals surface area contributed by atoms with Crippen LogP contribution in [0.15, 0.2) is 35.1 Å². The molecular formula is C12H8N2O3.